The molecule has 1 atom stereocenters. The van der Waals surface area contributed by atoms with Gasteiger partial charge < -0.3 is 22.1 Å². The zero-order valence-corrected chi connectivity index (χ0v) is 15.3. The lowest BCUT2D eigenvalue weighted by Gasteiger charge is -2.18. The van der Waals surface area contributed by atoms with Crippen molar-refractivity contribution < 1.29 is 22.8 Å². The lowest BCUT2D eigenvalue weighted by atomic mass is 10.2. The van der Waals surface area contributed by atoms with Crippen molar-refractivity contribution in [1.82, 2.24) is 15.0 Å². The molecule has 1 unspecified atom stereocenters. The molecule has 0 radical (unpaired) electrons. The van der Waals surface area contributed by atoms with E-state index in [2.05, 4.69) is 25.6 Å². The van der Waals surface area contributed by atoms with Gasteiger partial charge in [0.25, 0.3) is 5.91 Å². The van der Waals surface area contributed by atoms with E-state index in [1.165, 1.54) is 0 Å². The van der Waals surface area contributed by atoms with E-state index in [4.69, 9.17) is 11.5 Å². The molecule has 0 saturated heterocycles. The molecule has 1 aromatic carbocycles. The maximum Gasteiger partial charge on any atom is 0.391 e. The van der Waals surface area contributed by atoms with Crippen molar-refractivity contribution in [3.05, 3.63) is 48.4 Å². The fourth-order valence-corrected chi connectivity index (χ4v) is 2.64. The number of nitrogens with one attached hydrogen (secondary N) is 2. The summed E-state index contributed by atoms with van der Waals surface area (Å²) in [4.78, 5) is 35.2. The van der Waals surface area contributed by atoms with Gasteiger partial charge in [-0.2, -0.15) is 13.2 Å². The van der Waals surface area contributed by atoms with Gasteiger partial charge in [-0.15, -0.1) is 0 Å². The van der Waals surface area contributed by atoms with Crippen LogP contribution >= 0.6 is 0 Å². The van der Waals surface area contributed by atoms with Crippen LogP contribution in [0, 0.1) is 0 Å². The van der Waals surface area contributed by atoms with Crippen molar-refractivity contribution in [2.45, 2.75) is 18.6 Å². The Balaban J connectivity index is 1.87. The summed E-state index contributed by atoms with van der Waals surface area (Å²) in [6.07, 6.45) is -3.44. The van der Waals surface area contributed by atoms with Crippen LogP contribution in [0.25, 0.3) is 10.9 Å². The minimum absolute atomic E-state index is 0.0114. The summed E-state index contributed by atoms with van der Waals surface area (Å²) in [7, 11) is 0. The minimum atomic E-state index is -4.64. The van der Waals surface area contributed by atoms with Gasteiger partial charge in [-0.05, 0) is 24.3 Å². The molecule has 2 amide bonds. The largest absolute Gasteiger partial charge is 0.391 e. The topological polar surface area (TPSA) is 149 Å². The second-order valence-electron chi connectivity index (χ2n) is 6.27. The average molecular weight is 419 g/mol. The molecule has 0 spiro atoms. The third-order valence-electron chi connectivity index (χ3n) is 3.97. The van der Waals surface area contributed by atoms with Gasteiger partial charge in [0, 0.05) is 17.3 Å². The third kappa shape index (κ3) is 5.10. The lowest BCUT2D eigenvalue weighted by Crippen LogP contribution is -2.39. The van der Waals surface area contributed by atoms with Gasteiger partial charge in [0.15, 0.2) is 11.5 Å². The number of fused-ring (bicyclic) bond motifs is 1. The molecule has 3 rings (SSSR count). The van der Waals surface area contributed by atoms with E-state index in [1.54, 1.807) is 30.5 Å². The van der Waals surface area contributed by atoms with Gasteiger partial charge >= 0.3 is 6.18 Å². The Kier molecular flexibility index (Phi) is 5.67. The molecule has 0 fully saturated rings. The normalized spacial score (nSPS) is 12.4. The van der Waals surface area contributed by atoms with Crippen molar-refractivity contribution in [3.8, 4) is 0 Å². The van der Waals surface area contributed by atoms with E-state index in [-0.39, 0.29) is 17.3 Å². The summed E-state index contributed by atoms with van der Waals surface area (Å²) < 4.78 is 37.9. The number of hydrogen-bond donors (Lipinski definition) is 4. The number of anilines is 3. The van der Waals surface area contributed by atoms with E-state index >= 15 is 0 Å². The van der Waals surface area contributed by atoms with Gasteiger partial charge in [-0.1, -0.05) is 6.07 Å². The summed E-state index contributed by atoms with van der Waals surface area (Å²) in [6.45, 7) is 0. The summed E-state index contributed by atoms with van der Waals surface area (Å²) >= 11 is 0. The van der Waals surface area contributed by atoms with E-state index in [1.807, 2.05) is 6.07 Å². The Morgan fingerprint density at radius 2 is 1.90 bits per heavy atom. The van der Waals surface area contributed by atoms with Crippen LogP contribution in [0.2, 0.25) is 0 Å². The molecule has 9 nitrogen and oxygen atoms in total. The van der Waals surface area contributed by atoms with Crippen molar-refractivity contribution in [2.24, 2.45) is 11.5 Å². The number of alkyl halides is 3. The molecule has 12 heteroatoms. The van der Waals surface area contributed by atoms with Crippen LogP contribution in [-0.4, -0.2) is 39.0 Å². The Morgan fingerprint density at radius 1 is 1.13 bits per heavy atom. The van der Waals surface area contributed by atoms with E-state index in [0.29, 0.717) is 5.69 Å². The summed E-state index contributed by atoms with van der Waals surface area (Å²) in [5, 5.41) is 5.94. The fraction of sp³-hybridized carbons (Fsp3) is 0.167. The SMILES string of the molecule is NC(=O)c1nc(NC(CC(F)(F)F)C(N)=O)cnc1Nc1ccc2ncccc2c1. The molecular formula is C18H16F3N7O2. The first-order chi connectivity index (χ1) is 14.1. The number of nitrogens with zero attached hydrogens (tertiary/aromatic N) is 3. The van der Waals surface area contributed by atoms with Crippen LogP contribution in [0.5, 0.6) is 0 Å². The third-order valence-corrected chi connectivity index (χ3v) is 3.97. The van der Waals surface area contributed by atoms with E-state index in [9.17, 15) is 22.8 Å². The molecule has 0 bridgehead atoms. The highest BCUT2D eigenvalue weighted by Crippen LogP contribution is 2.25. The predicted octanol–water partition coefficient (Wildman–Crippen LogP) is 2.09. The molecule has 0 aliphatic carbocycles. The van der Waals surface area contributed by atoms with Crippen molar-refractivity contribution in [2.75, 3.05) is 10.6 Å². The summed E-state index contributed by atoms with van der Waals surface area (Å²) in [5.41, 5.74) is 11.3. The zero-order valence-electron chi connectivity index (χ0n) is 15.3. The van der Waals surface area contributed by atoms with Crippen LogP contribution in [0.1, 0.15) is 16.9 Å². The fourth-order valence-electron chi connectivity index (χ4n) is 2.64. The Labute approximate surface area is 167 Å². The molecule has 30 heavy (non-hydrogen) atoms. The molecule has 0 aliphatic heterocycles. The van der Waals surface area contributed by atoms with E-state index in [0.717, 1.165) is 17.1 Å². The van der Waals surface area contributed by atoms with Gasteiger partial charge in [0.1, 0.15) is 11.9 Å². The number of carbonyl (C=O) groups excluding carboxylic acids is 2. The number of benzene rings is 1. The van der Waals surface area contributed by atoms with Gasteiger partial charge in [0.05, 0.1) is 18.1 Å². The first kappa shape index (κ1) is 20.8. The van der Waals surface area contributed by atoms with Gasteiger partial charge in [-0.25, -0.2) is 9.97 Å². The van der Waals surface area contributed by atoms with Crippen LogP contribution in [0.3, 0.4) is 0 Å². The first-order valence-corrected chi connectivity index (χ1v) is 8.53. The number of halogens is 3. The molecule has 3 aromatic rings. The Hall–Kier alpha value is -3.96. The molecule has 0 saturated carbocycles. The molecule has 0 aliphatic rings. The zero-order chi connectivity index (χ0) is 21.9. The minimum Gasteiger partial charge on any atom is -0.368 e. The maximum absolute atomic E-state index is 12.6. The van der Waals surface area contributed by atoms with Crippen LogP contribution < -0.4 is 22.1 Å². The molecule has 2 heterocycles. The number of aromatic nitrogens is 3. The number of rotatable bonds is 7. The van der Waals surface area contributed by atoms with Crippen LogP contribution in [0.15, 0.2) is 42.7 Å². The summed E-state index contributed by atoms with van der Waals surface area (Å²) in [6, 6.07) is 7.02. The van der Waals surface area contributed by atoms with Crippen molar-refractivity contribution in [3.63, 3.8) is 0 Å². The van der Waals surface area contributed by atoms with Crippen LogP contribution in [0.4, 0.5) is 30.5 Å². The molecule has 2 aromatic heterocycles. The number of pyridine rings is 1. The number of hydrogen-bond acceptors (Lipinski definition) is 7. The second-order valence-corrected chi connectivity index (χ2v) is 6.27. The van der Waals surface area contributed by atoms with Crippen molar-refractivity contribution in [1.29, 1.82) is 0 Å². The first-order valence-electron chi connectivity index (χ1n) is 8.53. The lowest BCUT2D eigenvalue weighted by molar-refractivity contribution is -0.144. The highest BCUT2D eigenvalue weighted by molar-refractivity contribution is 5.97. The smallest absolute Gasteiger partial charge is 0.368 e. The average Bonchev–Trinajstić information content (AvgIpc) is 2.67. The van der Waals surface area contributed by atoms with Crippen molar-refractivity contribution >= 4 is 40.0 Å². The quantitative estimate of drug-likeness (QED) is 0.458. The van der Waals surface area contributed by atoms with Gasteiger partial charge in [-0.3, -0.25) is 14.6 Å². The standard InChI is InChI=1S/C18H16F3N7O2/c19-18(20,21)7-12(15(22)29)27-13-8-25-17(14(28-13)16(23)30)26-10-3-4-11-9(6-10)2-1-5-24-11/h1-6,8,12H,7H2,(H2,22,29)(H2,23,30)(H,25,26)(H,27,28). The van der Waals surface area contributed by atoms with Gasteiger partial charge in [0.2, 0.25) is 5.91 Å². The Bertz CT molecular complexity index is 1100. The van der Waals surface area contributed by atoms with E-state index < -0.39 is 30.5 Å². The van der Waals surface area contributed by atoms with Crippen LogP contribution in [-0.2, 0) is 4.79 Å². The molecule has 6 N–H and O–H groups in total. The maximum atomic E-state index is 12.6. The number of nitrogens with two attached hydrogens (primary N) is 2. The Morgan fingerprint density at radius 3 is 2.57 bits per heavy atom. The predicted molar refractivity (Wildman–Crippen MR) is 103 cm³/mol. The second kappa shape index (κ2) is 8.19. The highest BCUT2D eigenvalue weighted by atomic mass is 19.4. The number of primary amides is 2. The number of carbonyl (C=O) groups is 2. The molecule has 156 valence electrons. The summed E-state index contributed by atoms with van der Waals surface area (Å²) in [5.74, 6) is -2.47. The highest BCUT2D eigenvalue weighted by Gasteiger charge is 2.35. The monoisotopic (exact) mass is 419 g/mol. The molecular weight excluding hydrogens is 403 g/mol. The number of amides is 2.